The number of hydrogen-bond donors (Lipinski definition) is 1. The molecular formula is C14H13ClF2N2. The second kappa shape index (κ2) is 6.08. The van der Waals surface area contributed by atoms with E-state index in [-0.39, 0.29) is 5.02 Å². The third-order valence-electron chi connectivity index (χ3n) is 2.80. The molecule has 0 saturated heterocycles. The van der Waals surface area contributed by atoms with Crippen molar-refractivity contribution in [1.82, 2.24) is 10.3 Å². The summed E-state index contributed by atoms with van der Waals surface area (Å²) in [5, 5.41) is 3.18. The van der Waals surface area contributed by atoms with E-state index in [9.17, 15) is 8.78 Å². The summed E-state index contributed by atoms with van der Waals surface area (Å²) in [5.74, 6) is -0.944. The number of nitrogens with one attached hydrogen (secondary N) is 1. The molecule has 1 aromatic carbocycles. The van der Waals surface area contributed by atoms with Gasteiger partial charge in [0.25, 0.3) is 0 Å². The molecule has 0 radical (unpaired) electrons. The molecule has 0 saturated carbocycles. The van der Waals surface area contributed by atoms with Crippen molar-refractivity contribution in [2.45, 2.75) is 13.0 Å². The maximum atomic E-state index is 13.8. The first-order chi connectivity index (χ1) is 9.13. The van der Waals surface area contributed by atoms with E-state index in [1.807, 2.05) is 6.92 Å². The molecule has 1 heterocycles. The molecule has 0 amide bonds. The molecule has 0 aliphatic heterocycles. The minimum absolute atomic E-state index is 0.0502. The number of rotatable bonds is 4. The third-order valence-corrected chi connectivity index (χ3v) is 3.11. The van der Waals surface area contributed by atoms with E-state index in [2.05, 4.69) is 10.3 Å². The zero-order chi connectivity index (χ0) is 13.8. The van der Waals surface area contributed by atoms with Gasteiger partial charge in [0, 0.05) is 11.8 Å². The van der Waals surface area contributed by atoms with Crippen LogP contribution in [0, 0.1) is 11.6 Å². The molecule has 100 valence electrons. The summed E-state index contributed by atoms with van der Waals surface area (Å²) in [6, 6.07) is 5.61. The minimum atomic E-state index is -0.517. The van der Waals surface area contributed by atoms with Crippen molar-refractivity contribution in [3.63, 3.8) is 0 Å². The van der Waals surface area contributed by atoms with Gasteiger partial charge in [-0.2, -0.15) is 0 Å². The van der Waals surface area contributed by atoms with Gasteiger partial charge >= 0.3 is 0 Å². The second-order valence-corrected chi connectivity index (χ2v) is 4.47. The van der Waals surface area contributed by atoms with Crippen LogP contribution in [0.1, 0.15) is 24.1 Å². The molecule has 1 unspecified atom stereocenters. The van der Waals surface area contributed by atoms with Crippen molar-refractivity contribution in [3.8, 4) is 0 Å². The van der Waals surface area contributed by atoms with Crippen LogP contribution < -0.4 is 5.32 Å². The lowest BCUT2D eigenvalue weighted by molar-refractivity contribution is 0.550. The van der Waals surface area contributed by atoms with Crippen LogP contribution in [0.25, 0.3) is 0 Å². The predicted molar refractivity (Wildman–Crippen MR) is 71.1 cm³/mol. The lowest BCUT2D eigenvalue weighted by atomic mass is 9.99. The smallest absolute Gasteiger partial charge is 0.146 e. The highest BCUT2D eigenvalue weighted by atomic mass is 35.5. The lowest BCUT2D eigenvalue weighted by Gasteiger charge is -2.19. The Bertz CT molecular complexity index is 575. The maximum absolute atomic E-state index is 13.8. The number of benzene rings is 1. The van der Waals surface area contributed by atoms with Gasteiger partial charge in [0.1, 0.15) is 11.6 Å². The largest absolute Gasteiger partial charge is 0.306 e. The van der Waals surface area contributed by atoms with Gasteiger partial charge in [-0.05, 0) is 30.3 Å². The van der Waals surface area contributed by atoms with E-state index in [0.29, 0.717) is 17.7 Å². The fraction of sp³-hybridized carbons (Fsp3) is 0.214. The van der Waals surface area contributed by atoms with E-state index in [4.69, 9.17) is 11.6 Å². The molecule has 2 rings (SSSR count). The highest BCUT2D eigenvalue weighted by molar-refractivity contribution is 6.30. The standard InChI is InChI=1S/C14H13ClF2N2/c1-2-19-14(10-5-6-18-8-13(10)17)9-3-4-11(15)12(16)7-9/h3-8,14,19H,2H2,1H3. The molecule has 0 fully saturated rings. The van der Waals surface area contributed by atoms with Gasteiger partial charge < -0.3 is 5.32 Å². The van der Waals surface area contributed by atoms with Gasteiger partial charge in [-0.1, -0.05) is 24.6 Å². The average Bonchev–Trinajstić information content (AvgIpc) is 2.40. The van der Waals surface area contributed by atoms with Crippen LogP contribution in [0.15, 0.2) is 36.7 Å². The van der Waals surface area contributed by atoms with Crippen LogP contribution in [-0.2, 0) is 0 Å². The maximum Gasteiger partial charge on any atom is 0.146 e. The summed E-state index contributed by atoms with van der Waals surface area (Å²) in [4.78, 5) is 3.71. The third kappa shape index (κ3) is 3.08. The van der Waals surface area contributed by atoms with Crippen LogP contribution in [0.3, 0.4) is 0 Å². The number of hydrogen-bond acceptors (Lipinski definition) is 2. The molecule has 2 nitrogen and oxygen atoms in total. The molecule has 1 N–H and O–H groups in total. The Kier molecular flexibility index (Phi) is 4.45. The SMILES string of the molecule is CCNC(c1ccc(Cl)c(F)c1)c1ccncc1F. The first kappa shape index (κ1) is 13.9. The molecule has 0 aliphatic carbocycles. The Morgan fingerprint density at radius 2 is 2.05 bits per heavy atom. The molecule has 0 spiro atoms. The molecule has 0 aliphatic rings. The first-order valence-electron chi connectivity index (χ1n) is 5.91. The van der Waals surface area contributed by atoms with Crippen molar-refractivity contribution in [2.24, 2.45) is 0 Å². The summed E-state index contributed by atoms with van der Waals surface area (Å²) < 4.78 is 27.3. The van der Waals surface area contributed by atoms with Gasteiger partial charge in [-0.25, -0.2) is 8.78 Å². The fourth-order valence-electron chi connectivity index (χ4n) is 1.92. The topological polar surface area (TPSA) is 24.9 Å². The quantitative estimate of drug-likeness (QED) is 0.925. The predicted octanol–water partition coefficient (Wildman–Crippen LogP) is 3.71. The summed E-state index contributed by atoms with van der Waals surface area (Å²) in [7, 11) is 0. The zero-order valence-corrected chi connectivity index (χ0v) is 11.1. The van der Waals surface area contributed by atoms with Crippen LogP contribution in [0.2, 0.25) is 5.02 Å². The van der Waals surface area contributed by atoms with Crippen LogP contribution in [0.5, 0.6) is 0 Å². The van der Waals surface area contributed by atoms with Crippen molar-refractivity contribution in [3.05, 3.63) is 64.4 Å². The van der Waals surface area contributed by atoms with E-state index >= 15 is 0 Å². The van der Waals surface area contributed by atoms with Gasteiger partial charge in [-0.15, -0.1) is 0 Å². The van der Waals surface area contributed by atoms with Gasteiger partial charge in [0.2, 0.25) is 0 Å². The summed E-state index contributed by atoms with van der Waals surface area (Å²) in [6.45, 7) is 2.52. The van der Waals surface area contributed by atoms with E-state index in [0.717, 1.165) is 6.20 Å². The summed E-state index contributed by atoms with van der Waals surface area (Å²) in [5.41, 5.74) is 1.05. The number of halogens is 3. The number of nitrogens with zero attached hydrogens (tertiary/aromatic N) is 1. The molecule has 5 heteroatoms. The Labute approximate surface area is 115 Å². The molecule has 2 aromatic rings. The average molecular weight is 283 g/mol. The normalized spacial score (nSPS) is 12.4. The van der Waals surface area contributed by atoms with E-state index in [1.54, 1.807) is 12.1 Å². The highest BCUT2D eigenvalue weighted by Crippen LogP contribution is 2.26. The highest BCUT2D eigenvalue weighted by Gasteiger charge is 2.18. The van der Waals surface area contributed by atoms with Crippen molar-refractivity contribution in [1.29, 1.82) is 0 Å². The van der Waals surface area contributed by atoms with Crippen LogP contribution in [-0.4, -0.2) is 11.5 Å². The molecule has 1 aromatic heterocycles. The Hall–Kier alpha value is -1.52. The Morgan fingerprint density at radius 1 is 1.26 bits per heavy atom. The second-order valence-electron chi connectivity index (χ2n) is 4.06. The summed E-state index contributed by atoms with van der Waals surface area (Å²) in [6.07, 6.45) is 2.65. The molecular weight excluding hydrogens is 270 g/mol. The van der Waals surface area contributed by atoms with Crippen molar-refractivity contribution < 1.29 is 8.78 Å². The lowest BCUT2D eigenvalue weighted by Crippen LogP contribution is -2.23. The van der Waals surface area contributed by atoms with Gasteiger partial charge in [0.05, 0.1) is 17.3 Å². The zero-order valence-electron chi connectivity index (χ0n) is 10.3. The number of pyridine rings is 1. The summed E-state index contributed by atoms with van der Waals surface area (Å²) >= 11 is 5.66. The van der Waals surface area contributed by atoms with Crippen molar-refractivity contribution in [2.75, 3.05) is 6.54 Å². The Balaban J connectivity index is 2.45. The monoisotopic (exact) mass is 282 g/mol. The van der Waals surface area contributed by atoms with Gasteiger partial charge in [0.15, 0.2) is 0 Å². The van der Waals surface area contributed by atoms with E-state index in [1.165, 1.54) is 18.3 Å². The van der Waals surface area contributed by atoms with Crippen molar-refractivity contribution >= 4 is 11.6 Å². The fourth-order valence-corrected chi connectivity index (χ4v) is 2.04. The van der Waals surface area contributed by atoms with E-state index < -0.39 is 17.7 Å². The molecule has 19 heavy (non-hydrogen) atoms. The number of aromatic nitrogens is 1. The van der Waals surface area contributed by atoms with Gasteiger partial charge in [-0.3, -0.25) is 4.98 Å². The molecule has 1 atom stereocenters. The van der Waals surface area contributed by atoms with Crippen LogP contribution in [0.4, 0.5) is 8.78 Å². The first-order valence-corrected chi connectivity index (χ1v) is 6.29. The Morgan fingerprint density at radius 3 is 2.68 bits per heavy atom. The van der Waals surface area contributed by atoms with Crippen LogP contribution >= 0.6 is 11.6 Å². The molecule has 0 bridgehead atoms. The minimum Gasteiger partial charge on any atom is -0.306 e.